The van der Waals surface area contributed by atoms with Gasteiger partial charge >= 0.3 is 5.97 Å². The number of rotatable bonds is 4. The molecule has 1 unspecified atom stereocenters. The van der Waals surface area contributed by atoms with E-state index in [2.05, 4.69) is 0 Å². The Labute approximate surface area is 119 Å². The van der Waals surface area contributed by atoms with E-state index in [0.717, 1.165) is 16.3 Å². The first-order valence-electron chi connectivity index (χ1n) is 6.74. The van der Waals surface area contributed by atoms with Gasteiger partial charge in [-0.25, -0.2) is 0 Å². The molecule has 0 amide bonds. The molecule has 0 aliphatic rings. The molecule has 0 radical (unpaired) electrons. The van der Waals surface area contributed by atoms with Crippen molar-refractivity contribution in [1.82, 2.24) is 0 Å². The zero-order valence-electron chi connectivity index (χ0n) is 12.2. The molecule has 2 rings (SSSR count). The highest BCUT2D eigenvalue weighted by Gasteiger charge is 2.42. The summed E-state index contributed by atoms with van der Waals surface area (Å²) in [6.07, 6.45) is 0.00447. The molecule has 0 aliphatic heterocycles. The van der Waals surface area contributed by atoms with Crippen molar-refractivity contribution in [2.45, 2.75) is 38.1 Å². The topological polar surface area (TPSA) is 63.3 Å². The number of nitrogens with two attached hydrogens (primary N) is 1. The van der Waals surface area contributed by atoms with Crippen molar-refractivity contribution < 1.29 is 9.90 Å². The van der Waals surface area contributed by atoms with Gasteiger partial charge < -0.3 is 10.8 Å². The minimum absolute atomic E-state index is 0.00447. The van der Waals surface area contributed by atoms with Crippen molar-refractivity contribution in [3.8, 4) is 0 Å². The normalized spacial score (nSPS) is 15.0. The molecule has 0 spiro atoms. The second-order valence-electron chi connectivity index (χ2n) is 6.15. The predicted octanol–water partition coefficient (Wildman–Crippen LogP) is 3.31. The fourth-order valence-corrected chi connectivity index (χ4v) is 2.68. The summed E-state index contributed by atoms with van der Waals surface area (Å²) in [5, 5.41) is 11.5. The first-order valence-corrected chi connectivity index (χ1v) is 6.74. The van der Waals surface area contributed by atoms with Gasteiger partial charge in [0.25, 0.3) is 0 Å². The van der Waals surface area contributed by atoms with Crippen LogP contribution in [0, 0.1) is 0 Å². The van der Waals surface area contributed by atoms with Gasteiger partial charge in [-0.15, -0.1) is 0 Å². The smallest absolute Gasteiger partial charge is 0.304 e. The van der Waals surface area contributed by atoms with Crippen LogP contribution in [0.5, 0.6) is 0 Å². The van der Waals surface area contributed by atoms with Gasteiger partial charge in [0, 0.05) is 11.0 Å². The molecular weight excluding hydrogens is 250 g/mol. The number of aliphatic carboxylic acids is 1. The van der Waals surface area contributed by atoms with Gasteiger partial charge in [0.05, 0.1) is 6.42 Å². The van der Waals surface area contributed by atoms with Crippen LogP contribution >= 0.6 is 0 Å². The average Bonchev–Trinajstić information content (AvgIpc) is 2.36. The maximum atomic E-state index is 11.3. The monoisotopic (exact) mass is 271 g/mol. The fraction of sp³-hybridized carbons (Fsp3) is 0.353. The molecule has 0 heterocycles. The summed E-state index contributed by atoms with van der Waals surface area (Å²) in [6.45, 7) is 5.71. The molecule has 3 nitrogen and oxygen atoms in total. The Kier molecular flexibility index (Phi) is 3.57. The van der Waals surface area contributed by atoms with Crippen LogP contribution in [0.1, 0.15) is 32.8 Å². The van der Waals surface area contributed by atoms with E-state index >= 15 is 0 Å². The highest BCUT2D eigenvalue weighted by Crippen LogP contribution is 2.40. The predicted molar refractivity (Wildman–Crippen MR) is 81.8 cm³/mol. The van der Waals surface area contributed by atoms with Crippen molar-refractivity contribution in [2.75, 3.05) is 0 Å². The lowest BCUT2D eigenvalue weighted by Gasteiger charge is -2.42. The molecule has 0 saturated heterocycles. The van der Waals surface area contributed by atoms with Gasteiger partial charge in [-0.05, 0) is 30.2 Å². The van der Waals surface area contributed by atoms with Crippen LogP contribution in [0.4, 0.5) is 0 Å². The highest BCUT2D eigenvalue weighted by atomic mass is 16.4. The molecule has 3 heteroatoms. The van der Waals surface area contributed by atoms with Gasteiger partial charge in [0.1, 0.15) is 0 Å². The quantitative estimate of drug-likeness (QED) is 0.896. The molecular formula is C17H21NO2. The number of hydrogen-bond acceptors (Lipinski definition) is 2. The minimum Gasteiger partial charge on any atom is -0.481 e. The lowest BCUT2D eigenvalue weighted by molar-refractivity contribution is -0.139. The molecule has 1 atom stereocenters. The van der Waals surface area contributed by atoms with Gasteiger partial charge in [0.2, 0.25) is 0 Å². The molecule has 20 heavy (non-hydrogen) atoms. The molecule has 0 aromatic heterocycles. The molecule has 2 aromatic carbocycles. The Bertz CT molecular complexity index is 637. The van der Waals surface area contributed by atoms with Crippen molar-refractivity contribution >= 4 is 16.7 Å². The van der Waals surface area contributed by atoms with E-state index in [4.69, 9.17) is 5.73 Å². The maximum Gasteiger partial charge on any atom is 0.304 e. The summed E-state index contributed by atoms with van der Waals surface area (Å²) in [6, 6.07) is 14.0. The third-order valence-electron chi connectivity index (χ3n) is 4.31. The van der Waals surface area contributed by atoms with Gasteiger partial charge in [0.15, 0.2) is 0 Å². The Hall–Kier alpha value is -1.87. The van der Waals surface area contributed by atoms with E-state index < -0.39 is 16.9 Å². The Morgan fingerprint density at radius 3 is 2.30 bits per heavy atom. The van der Waals surface area contributed by atoms with E-state index in [1.54, 1.807) is 0 Å². The van der Waals surface area contributed by atoms with Crippen molar-refractivity contribution in [1.29, 1.82) is 0 Å². The number of fused-ring (bicyclic) bond motifs is 1. The largest absolute Gasteiger partial charge is 0.481 e. The second-order valence-corrected chi connectivity index (χ2v) is 6.15. The molecule has 2 aromatic rings. The lowest BCUT2D eigenvalue weighted by Crippen LogP contribution is -2.53. The number of carbonyl (C=O) groups is 1. The number of hydrogen-bond donors (Lipinski definition) is 2. The summed E-state index contributed by atoms with van der Waals surface area (Å²) in [4.78, 5) is 11.3. The van der Waals surface area contributed by atoms with Crippen LogP contribution in [0.2, 0.25) is 0 Å². The van der Waals surface area contributed by atoms with Crippen molar-refractivity contribution in [3.63, 3.8) is 0 Å². The molecule has 0 aliphatic carbocycles. The zero-order chi connectivity index (χ0) is 15.0. The second kappa shape index (κ2) is 4.91. The summed E-state index contributed by atoms with van der Waals surface area (Å²) < 4.78 is 0. The van der Waals surface area contributed by atoms with Gasteiger partial charge in [-0.1, -0.05) is 49.4 Å². The summed E-state index contributed by atoms with van der Waals surface area (Å²) in [7, 11) is 0. The fourth-order valence-electron chi connectivity index (χ4n) is 2.68. The van der Waals surface area contributed by atoms with E-state index in [-0.39, 0.29) is 6.42 Å². The first-order chi connectivity index (χ1) is 9.25. The number of carboxylic acid groups (broad SMARTS) is 1. The van der Waals surface area contributed by atoms with E-state index in [0.29, 0.717) is 0 Å². The molecule has 0 fully saturated rings. The number of carboxylic acids is 1. The van der Waals surface area contributed by atoms with Crippen LogP contribution in [0.3, 0.4) is 0 Å². The third-order valence-corrected chi connectivity index (χ3v) is 4.31. The van der Waals surface area contributed by atoms with Crippen LogP contribution in [0.15, 0.2) is 42.5 Å². The standard InChI is InChI=1S/C17H21NO2/c1-16(2,18)17(3,11-15(19)20)14-10-6-8-12-7-4-5-9-13(12)14/h4-10H,11,18H2,1-3H3,(H,19,20). The van der Waals surface area contributed by atoms with Crippen LogP contribution in [-0.4, -0.2) is 16.6 Å². The summed E-state index contributed by atoms with van der Waals surface area (Å²) >= 11 is 0. The van der Waals surface area contributed by atoms with Crippen LogP contribution in [-0.2, 0) is 10.2 Å². The summed E-state index contributed by atoms with van der Waals surface area (Å²) in [5.74, 6) is -0.834. The van der Waals surface area contributed by atoms with Crippen molar-refractivity contribution in [2.24, 2.45) is 5.73 Å². The minimum atomic E-state index is -0.834. The molecule has 106 valence electrons. The molecule has 3 N–H and O–H groups in total. The van der Waals surface area contributed by atoms with Crippen LogP contribution in [0.25, 0.3) is 10.8 Å². The van der Waals surface area contributed by atoms with Gasteiger partial charge in [-0.2, -0.15) is 0 Å². The average molecular weight is 271 g/mol. The van der Waals surface area contributed by atoms with E-state index in [9.17, 15) is 9.90 Å². The van der Waals surface area contributed by atoms with Crippen LogP contribution < -0.4 is 5.73 Å². The summed E-state index contributed by atoms with van der Waals surface area (Å²) in [5.41, 5.74) is 6.03. The maximum absolute atomic E-state index is 11.3. The van der Waals surface area contributed by atoms with Gasteiger partial charge in [-0.3, -0.25) is 4.79 Å². The Morgan fingerprint density at radius 2 is 1.70 bits per heavy atom. The van der Waals surface area contributed by atoms with Crippen molar-refractivity contribution in [3.05, 3.63) is 48.0 Å². The Morgan fingerprint density at radius 1 is 1.10 bits per heavy atom. The van der Waals surface area contributed by atoms with E-state index in [1.165, 1.54) is 0 Å². The number of benzene rings is 2. The zero-order valence-corrected chi connectivity index (χ0v) is 12.2. The molecule has 0 bridgehead atoms. The molecule has 0 saturated carbocycles. The SMILES string of the molecule is CC(C)(N)C(C)(CC(=O)O)c1cccc2ccccc12. The van der Waals surface area contributed by atoms with E-state index in [1.807, 2.05) is 63.2 Å². The highest BCUT2D eigenvalue weighted by molar-refractivity contribution is 5.87. The third kappa shape index (κ3) is 2.41. The first kappa shape index (κ1) is 14.5. The Balaban J connectivity index is 2.72. The lowest BCUT2D eigenvalue weighted by atomic mass is 9.65.